The molecule has 1 unspecified atom stereocenters. The third-order valence-electron chi connectivity index (χ3n) is 1.66. The fourth-order valence-corrected chi connectivity index (χ4v) is 0.995. The van der Waals surface area contributed by atoms with E-state index >= 15 is 0 Å². The van der Waals surface area contributed by atoms with Crippen molar-refractivity contribution in [3.8, 4) is 0 Å². The SMILES string of the molecule is COCC(CO)Nc1nccnc1N. The Bertz CT molecular complexity index is 282. The number of nitrogen functional groups attached to an aromatic ring is 1. The van der Waals surface area contributed by atoms with Crippen LogP contribution in [0.25, 0.3) is 0 Å². The molecule has 78 valence electrons. The molecule has 6 heteroatoms. The molecule has 1 rings (SSSR count). The molecule has 0 aromatic carbocycles. The van der Waals surface area contributed by atoms with Gasteiger partial charge in [0.2, 0.25) is 0 Å². The summed E-state index contributed by atoms with van der Waals surface area (Å²) in [6.07, 6.45) is 3.03. The Morgan fingerprint density at radius 2 is 2.29 bits per heavy atom. The van der Waals surface area contributed by atoms with Crippen LogP contribution in [0.4, 0.5) is 11.6 Å². The normalized spacial score (nSPS) is 12.4. The highest BCUT2D eigenvalue weighted by atomic mass is 16.5. The third kappa shape index (κ3) is 2.82. The first-order valence-corrected chi connectivity index (χ1v) is 4.20. The van der Waals surface area contributed by atoms with Gasteiger partial charge in [0.15, 0.2) is 11.6 Å². The lowest BCUT2D eigenvalue weighted by atomic mass is 10.3. The van der Waals surface area contributed by atoms with Gasteiger partial charge in [-0.3, -0.25) is 0 Å². The Morgan fingerprint density at radius 1 is 1.57 bits per heavy atom. The number of methoxy groups -OCH3 is 1. The molecule has 0 bridgehead atoms. The molecule has 1 heterocycles. The van der Waals surface area contributed by atoms with E-state index in [0.717, 1.165) is 0 Å². The van der Waals surface area contributed by atoms with Gasteiger partial charge in [0.05, 0.1) is 19.3 Å². The van der Waals surface area contributed by atoms with Crippen molar-refractivity contribution >= 4 is 11.6 Å². The van der Waals surface area contributed by atoms with E-state index in [2.05, 4.69) is 15.3 Å². The minimum Gasteiger partial charge on any atom is -0.394 e. The van der Waals surface area contributed by atoms with Crippen LogP contribution in [0, 0.1) is 0 Å². The van der Waals surface area contributed by atoms with Crippen LogP contribution in [0.5, 0.6) is 0 Å². The van der Waals surface area contributed by atoms with Crippen LogP contribution in [0.2, 0.25) is 0 Å². The summed E-state index contributed by atoms with van der Waals surface area (Å²) in [5, 5.41) is 11.9. The Balaban J connectivity index is 2.62. The summed E-state index contributed by atoms with van der Waals surface area (Å²) in [7, 11) is 1.56. The van der Waals surface area contributed by atoms with Crippen LogP contribution in [0.15, 0.2) is 12.4 Å². The van der Waals surface area contributed by atoms with Crippen LogP contribution >= 0.6 is 0 Å². The molecule has 0 amide bonds. The number of aromatic nitrogens is 2. The van der Waals surface area contributed by atoms with Gasteiger partial charge in [-0.1, -0.05) is 0 Å². The van der Waals surface area contributed by atoms with E-state index in [0.29, 0.717) is 18.2 Å². The lowest BCUT2D eigenvalue weighted by Crippen LogP contribution is -2.29. The van der Waals surface area contributed by atoms with Crippen molar-refractivity contribution in [1.29, 1.82) is 0 Å². The van der Waals surface area contributed by atoms with E-state index in [9.17, 15) is 0 Å². The summed E-state index contributed by atoms with van der Waals surface area (Å²) >= 11 is 0. The Kier molecular flexibility index (Phi) is 4.09. The molecule has 14 heavy (non-hydrogen) atoms. The minimum absolute atomic E-state index is 0.0517. The minimum atomic E-state index is -0.223. The van der Waals surface area contributed by atoms with E-state index in [-0.39, 0.29) is 12.6 Å². The first-order valence-electron chi connectivity index (χ1n) is 4.20. The first kappa shape index (κ1) is 10.7. The van der Waals surface area contributed by atoms with Crippen molar-refractivity contribution in [2.75, 3.05) is 31.4 Å². The monoisotopic (exact) mass is 198 g/mol. The number of hydrogen-bond donors (Lipinski definition) is 3. The van der Waals surface area contributed by atoms with Crippen molar-refractivity contribution in [1.82, 2.24) is 9.97 Å². The highest BCUT2D eigenvalue weighted by molar-refractivity contribution is 5.55. The Morgan fingerprint density at radius 3 is 2.86 bits per heavy atom. The molecular weight excluding hydrogens is 184 g/mol. The van der Waals surface area contributed by atoms with Gasteiger partial charge in [0.1, 0.15) is 0 Å². The molecule has 0 spiro atoms. The summed E-state index contributed by atoms with van der Waals surface area (Å²) in [4.78, 5) is 7.84. The second-order valence-corrected chi connectivity index (χ2v) is 2.77. The van der Waals surface area contributed by atoms with Gasteiger partial charge < -0.3 is 20.9 Å². The molecule has 0 saturated heterocycles. The molecule has 0 aliphatic rings. The lowest BCUT2D eigenvalue weighted by molar-refractivity contribution is 0.153. The molecule has 0 aliphatic heterocycles. The second-order valence-electron chi connectivity index (χ2n) is 2.77. The maximum Gasteiger partial charge on any atom is 0.169 e. The molecule has 6 nitrogen and oxygen atoms in total. The number of nitrogens with zero attached hydrogens (tertiary/aromatic N) is 2. The van der Waals surface area contributed by atoms with E-state index in [1.807, 2.05) is 0 Å². The van der Waals surface area contributed by atoms with Gasteiger partial charge >= 0.3 is 0 Å². The highest BCUT2D eigenvalue weighted by Gasteiger charge is 2.09. The summed E-state index contributed by atoms with van der Waals surface area (Å²) in [6, 6.07) is -0.223. The van der Waals surface area contributed by atoms with Crippen molar-refractivity contribution in [2.24, 2.45) is 0 Å². The standard InChI is InChI=1S/C8H14N4O2/c1-14-5-6(4-13)12-8-7(9)10-2-3-11-8/h2-3,6,13H,4-5H2,1H3,(H2,9,10)(H,11,12). The van der Waals surface area contributed by atoms with Crippen molar-refractivity contribution in [3.63, 3.8) is 0 Å². The van der Waals surface area contributed by atoms with Crippen molar-refractivity contribution in [2.45, 2.75) is 6.04 Å². The topological polar surface area (TPSA) is 93.3 Å². The molecule has 1 atom stereocenters. The largest absolute Gasteiger partial charge is 0.394 e. The third-order valence-corrected chi connectivity index (χ3v) is 1.66. The van der Waals surface area contributed by atoms with Crippen molar-refractivity contribution < 1.29 is 9.84 Å². The number of ether oxygens (including phenoxy) is 1. The lowest BCUT2D eigenvalue weighted by Gasteiger charge is -2.16. The molecule has 1 aromatic heterocycles. The predicted molar refractivity (Wildman–Crippen MR) is 52.8 cm³/mol. The Hall–Kier alpha value is -1.40. The van der Waals surface area contributed by atoms with E-state index in [4.69, 9.17) is 15.6 Å². The molecular formula is C8H14N4O2. The zero-order chi connectivity index (χ0) is 10.4. The number of anilines is 2. The number of hydrogen-bond acceptors (Lipinski definition) is 6. The van der Waals surface area contributed by atoms with E-state index < -0.39 is 0 Å². The van der Waals surface area contributed by atoms with Gasteiger partial charge in [-0.15, -0.1) is 0 Å². The molecule has 0 aliphatic carbocycles. The van der Waals surface area contributed by atoms with Gasteiger partial charge in [0, 0.05) is 19.5 Å². The zero-order valence-electron chi connectivity index (χ0n) is 7.97. The predicted octanol–water partition coefficient (Wildman–Crippen LogP) is -0.522. The van der Waals surface area contributed by atoms with Gasteiger partial charge in [-0.05, 0) is 0 Å². The second kappa shape index (κ2) is 5.36. The van der Waals surface area contributed by atoms with Crippen molar-refractivity contribution in [3.05, 3.63) is 12.4 Å². The fraction of sp³-hybridized carbons (Fsp3) is 0.500. The maximum atomic E-state index is 8.98. The van der Waals surface area contributed by atoms with Gasteiger partial charge in [-0.25, -0.2) is 9.97 Å². The number of aliphatic hydroxyl groups excluding tert-OH is 1. The molecule has 0 fully saturated rings. The molecule has 0 saturated carbocycles. The molecule has 0 radical (unpaired) electrons. The summed E-state index contributed by atoms with van der Waals surface area (Å²) in [5.41, 5.74) is 5.56. The summed E-state index contributed by atoms with van der Waals surface area (Å²) < 4.78 is 4.90. The number of rotatable bonds is 5. The highest BCUT2D eigenvalue weighted by Crippen LogP contribution is 2.10. The molecule has 4 N–H and O–H groups in total. The van der Waals surface area contributed by atoms with E-state index in [1.54, 1.807) is 7.11 Å². The number of aliphatic hydroxyl groups is 1. The van der Waals surface area contributed by atoms with E-state index in [1.165, 1.54) is 12.4 Å². The fourth-order valence-electron chi connectivity index (χ4n) is 0.995. The maximum absolute atomic E-state index is 8.98. The Labute approximate surface area is 82.1 Å². The van der Waals surface area contributed by atoms with Crippen LogP contribution < -0.4 is 11.1 Å². The summed E-state index contributed by atoms with van der Waals surface area (Å²) in [5.74, 6) is 0.769. The summed E-state index contributed by atoms with van der Waals surface area (Å²) in [6.45, 7) is 0.330. The zero-order valence-corrected chi connectivity index (χ0v) is 7.97. The van der Waals surface area contributed by atoms with Gasteiger partial charge in [-0.2, -0.15) is 0 Å². The number of nitrogens with two attached hydrogens (primary N) is 1. The van der Waals surface area contributed by atoms with Crippen LogP contribution in [-0.2, 0) is 4.74 Å². The number of nitrogens with one attached hydrogen (secondary N) is 1. The quantitative estimate of drug-likeness (QED) is 0.589. The van der Waals surface area contributed by atoms with Crippen LogP contribution in [0.1, 0.15) is 0 Å². The van der Waals surface area contributed by atoms with Crippen LogP contribution in [-0.4, -0.2) is 41.4 Å². The molecule has 1 aromatic rings. The average Bonchev–Trinajstić information content (AvgIpc) is 2.20. The average molecular weight is 198 g/mol. The smallest absolute Gasteiger partial charge is 0.169 e. The first-order chi connectivity index (χ1) is 6.77. The van der Waals surface area contributed by atoms with Crippen LogP contribution in [0.3, 0.4) is 0 Å². The van der Waals surface area contributed by atoms with Gasteiger partial charge in [0.25, 0.3) is 0 Å².